The first-order chi connectivity index (χ1) is 9.47. The molecule has 1 aromatic heterocycles. The van der Waals surface area contributed by atoms with Crippen LogP contribution < -0.4 is 0 Å². The minimum Gasteiger partial charge on any atom is -0.265 e. The first-order valence-electron chi connectivity index (χ1n) is 8.37. The predicted molar refractivity (Wildman–Crippen MR) is 82.4 cm³/mol. The fraction of sp³-hybridized carbons (Fsp3) is 0.722. The minimum absolute atomic E-state index is 0.781. The zero-order chi connectivity index (χ0) is 13.2. The fourth-order valence-corrected chi connectivity index (χ4v) is 3.31. The summed E-state index contributed by atoms with van der Waals surface area (Å²) in [6.45, 7) is 0. The summed E-state index contributed by atoms with van der Waals surface area (Å²) in [5, 5.41) is 0. The van der Waals surface area contributed by atoms with Gasteiger partial charge in [-0.2, -0.15) is 0 Å². The van der Waals surface area contributed by atoms with Crippen LogP contribution in [0.1, 0.15) is 88.5 Å². The van der Waals surface area contributed by atoms with Crippen molar-refractivity contribution in [3.8, 4) is 0 Å². The molecule has 1 fully saturated rings. The van der Waals surface area contributed by atoms with E-state index in [1.165, 1.54) is 82.6 Å². The summed E-state index contributed by atoms with van der Waals surface area (Å²) in [5.74, 6) is 0.781. The molecule has 1 nitrogen and oxygen atoms in total. The minimum atomic E-state index is 0.781. The molecule has 0 spiro atoms. The molecule has 0 saturated heterocycles. The Morgan fingerprint density at radius 1 is 0.632 bits per heavy atom. The summed E-state index contributed by atoms with van der Waals surface area (Å²) >= 11 is 0. The highest BCUT2D eigenvalue weighted by molar-refractivity contribution is 5.15. The van der Waals surface area contributed by atoms with Crippen molar-refractivity contribution in [2.75, 3.05) is 0 Å². The molecule has 0 aromatic carbocycles. The first-order valence-corrected chi connectivity index (χ1v) is 8.37. The van der Waals surface area contributed by atoms with Crippen LogP contribution in [0.4, 0.5) is 0 Å². The number of pyridine rings is 1. The van der Waals surface area contributed by atoms with Crippen molar-refractivity contribution in [1.82, 2.24) is 4.98 Å². The molecule has 1 heteroatoms. The van der Waals surface area contributed by atoms with Crippen LogP contribution in [0.2, 0.25) is 0 Å². The van der Waals surface area contributed by atoms with E-state index in [0.717, 1.165) is 5.92 Å². The second-order valence-electron chi connectivity index (χ2n) is 6.09. The lowest BCUT2D eigenvalue weighted by Crippen LogP contribution is -2.00. The van der Waals surface area contributed by atoms with E-state index in [9.17, 15) is 0 Å². The molecule has 0 radical (unpaired) electrons. The number of hydrogen-bond donors (Lipinski definition) is 0. The Balaban J connectivity index is 1.87. The topological polar surface area (TPSA) is 12.9 Å². The summed E-state index contributed by atoms with van der Waals surface area (Å²) in [6.07, 6.45) is 21.1. The lowest BCUT2D eigenvalue weighted by Gasteiger charge is -2.17. The molecule has 0 bridgehead atoms. The molecule has 0 unspecified atom stereocenters. The summed E-state index contributed by atoms with van der Waals surface area (Å²) in [5.41, 5.74) is 1.52. The van der Waals surface area contributed by atoms with Gasteiger partial charge in [0.1, 0.15) is 0 Å². The van der Waals surface area contributed by atoms with Crippen molar-refractivity contribution < 1.29 is 0 Å². The van der Waals surface area contributed by atoms with Gasteiger partial charge in [0, 0.05) is 12.4 Å². The van der Waals surface area contributed by atoms with Gasteiger partial charge in [0.2, 0.25) is 0 Å². The van der Waals surface area contributed by atoms with Gasteiger partial charge in [-0.25, -0.2) is 0 Å². The molecule has 1 heterocycles. The lowest BCUT2D eigenvalue weighted by atomic mass is 9.89. The molecule has 1 aromatic rings. The lowest BCUT2D eigenvalue weighted by molar-refractivity contribution is 0.500. The van der Waals surface area contributed by atoms with Crippen LogP contribution in [-0.2, 0) is 0 Å². The number of hydrogen-bond acceptors (Lipinski definition) is 1. The molecule has 1 aliphatic rings. The first kappa shape index (κ1) is 14.6. The Labute approximate surface area is 118 Å². The van der Waals surface area contributed by atoms with Gasteiger partial charge in [-0.3, -0.25) is 4.98 Å². The third kappa shape index (κ3) is 5.76. The molecule has 0 aliphatic heterocycles. The Morgan fingerprint density at radius 2 is 1.05 bits per heavy atom. The molecule has 0 atom stereocenters. The van der Waals surface area contributed by atoms with Crippen LogP contribution >= 0.6 is 0 Å². The summed E-state index contributed by atoms with van der Waals surface area (Å²) in [4.78, 5) is 4.16. The fourth-order valence-electron chi connectivity index (χ4n) is 3.31. The van der Waals surface area contributed by atoms with Crippen LogP contribution in [0.3, 0.4) is 0 Å². The number of nitrogens with zero attached hydrogens (tertiary/aromatic N) is 1. The summed E-state index contributed by atoms with van der Waals surface area (Å²) in [6, 6.07) is 4.45. The molecule has 2 rings (SSSR count). The van der Waals surface area contributed by atoms with E-state index in [1.54, 1.807) is 0 Å². The van der Waals surface area contributed by atoms with E-state index in [1.807, 2.05) is 12.4 Å². The third-order valence-corrected chi connectivity index (χ3v) is 4.53. The quantitative estimate of drug-likeness (QED) is 0.615. The van der Waals surface area contributed by atoms with E-state index >= 15 is 0 Å². The van der Waals surface area contributed by atoms with Gasteiger partial charge in [-0.05, 0) is 36.5 Å². The Hall–Kier alpha value is -0.850. The summed E-state index contributed by atoms with van der Waals surface area (Å²) in [7, 11) is 0. The molecule has 19 heavy (non-hydrogen) atoms. The van der Waals surface area contributed by atoms with Gasteiger partial charge in [-0.1, -0.05) is 64.2 Å². The van der Waals surface area contributed by atoms with Crippen LogP contribution in [0.25, 0.3) is 0 Å². The van der Waals surface area contributed by atoms with E-state index in [2.05, 4.69) is 17.1 Å². The smallest absolute Gasteiger partial charge is 0.0270 e. The normalized spacial score (nSPS) is 21.1. The van der Waals surface area contributed by atoms with Crippen molar-refractivity contribution in [2.45, 2.75) is 83.0 Å². The third-order valence-electron chi connectivity index (χ3n) is 4.53. The van der Waals surface area contributed by atoms with Crippen LogP contribution in [-0.4, -0.2) is 4.98 Å². The zero-order valence-electron chi connectivity index (χ0n) is 12.3. The average Bonchev–Trinajstić information content (AvgIpc) is 2.49. The van der Waals surface area contributed by atoms with Crippen molar-refractivity contribution in [2.24, 2.45) is 0 Å². The average molecular weight is 259 g/mol. The maximum absolute atomic E-state index is 4.16. The second-order valence-corrected chi connectivity index (χ2v) is 6.09. The van der Waals surface area contributed by atoms with E-state index in [-0.39, 0.29) is 0 Å². The highest BCUT2D eigenvalue weighted by Crippen LogP contribution is 2.28. The van der Waals surface area contributed by atoms with Gasteiger partial charge in [-0.15, -0.1) is 0 Å². The number of aromatic nitrogens is 1. The van der Waals surface area contributed by atoms with Gasteiger partial charge in [0.05, 0.1) is 0 Å². The van der Waals surface area contributed by atoms with Gasteiger partial charge in [0.15, 0.2) is 0 Å². The van der Waals surface area contributed by atoms with Crippen molar-refractivity contribution in [1.29, 1.82) is 0 Å². The molecule has 106 valence electrons. The molecule has 0 amide bonds. The largest absolute Gasteiger partial charge is 0.265 e. The standard InChI is InChI=1S/C18H29N/c1-2-4-6-8-10-12-17(11-9-7-5-3-1)18-13-15-19-16-14-18/h13-17H,1-12H2. The zero-order valence-corrected chi connectivity index (χ0v) is 12.3. The molecular weight excluding hydrogens is 230 g/mol. The Kier molecular flexibility index (Phi) is 6.99. The SMILES string of the molecule is c1cc(C2CCCCCCCCCCCC2)ccn1. The molecule has 0 N–H and O–H groups in total. The van der Waals surface area contributed by atoms with Crippen molar-refractivity contribution in [3.05, 3.63) is 30.1 Å². The maximum Gasteiger partial charge on any atom is 0.0270 e. The highest BCUT2D eigenvalue weighted by atomic mass is 14.6. The monoisotopic (exact) mass is 259 g/mol. The van der Waals surface area contributed by atoms with E-state index in [4.69, 9.17) is 0 Å². The Morgan fingerprint density at radius 3 is 1.53 bits per heavy atom. The molecule has 1 saturated carbocycles. The summed E-state index contributed by atoms with van der Waals surface area (Å²) < 4.78 is 0. The second kappa shape index (κ2) is 9.12. The van der Waals surface area contributed by atoms with Crippen molar-refractivity contribution >= 4 is 0 Å². The predicted octanol–water partition coefficient (Wildman–Crippen LogP) is 5.86. The van der Waals surface area contributed by atoms with Crippen LogP contribution in [0.5, 0.6) is 0 Å². The maximum atomic E-state index is 4.16. The van der Waals surface area contributed by atoms with Gasteiger partial charge >= 0.3 is 0 Å². The number of rotatable bonds is 1. The van der Waals surface area contributed by atoms with Gasteiger partial charge in [0.25, 0.3) is 0 Å². The Bertz CT molecular complexity index is 306. The van der Waals surface area contributed by atoms with Gasteiger partial charge < -0.3 is 0 Å². The van der Waals surface area contributed by atoms with Crippen LogP contribution in [0.15, 0.2) is 24.5 Å². The molecular formula is C18H29N. The van der Waals surface area contributed by atoms with Crippen LogP contribution in [0, 0.1) is 0 Å². The van der Waals surface area contributed by atoms with E-state index in [0.29, 0.717) is 0 Å². The highest BCUT2D eigenvalue weighted by Gasteiger charge is 2.11. The van der Waals surface area contributed by atoms with E-state index < -0.39 is 0 Å². The van der Waals surface area contributed by atoms with Crippen molar-refractivity contribution in [3.63, 3.8) is 0 Å². The molecule has 1 aliphatic carbocycles.